The Morgan fingerprint density at radius 2 is 1.97 bits per heavy atom. The van der Waals surface area contributed by atoms with E-state index in [4.69, 9.17) is 9.73 Å². The van der Waals surface area contributed by atoms with Crippen molar-refractivity contribution in [3.05, 3.63) is 62.7 Å². The molecule has 0 saturated heterocycles. The number of aliphatic imine (C=N–C) groups is 1. The molecular formula is C24H25F2N3O4S. The van der Waals surface area contributed by atoms with E-state index < -0.39 is 35.5 Å². The van der Waals surface area contributed by atoms with Gasteiger partial charge in [0.15, 0.2) is 22.5 Å². The lowest BCUT2D eigenvalue weighted by Gasteiger charge is -2.34. The molecule has 4 rings (SSSR count). The fourth-order valence-corrected chi connectivity index (χ4v) is 5.17. The van der Waals surface area contributed by atoms with Crippen LogP contribution in [0.5, 0.6) is 0 Å². The minimum absolute atomic E-state index is 0.0601. The number of hydrogen-bond donors (Lipinski definition) is 2. The number of thiazole rings is 1. The summed E-state index contributed by atoms with van der Waals surface area (Å²) in [5.74, 6) is -3.54. The molecule has 0 bridgehead atoms. The number of rotatable bonds is 6. The standard InChI is InChI=1S/C24H25F2N3O4S/c1-3-33-24(32)17-19(13-4-6-14(7-5-13)23(30)31)28-21(22-27-10-11-34-22)29-20(17)15-8-9-16(25)18(26)12(15)2/h8-11,13-14,20H,3-7H2,1-2H3,(H,28,29)(H,30,31)/t13-,14-,20?. The Morgan fingerprint density at radius 3 is 2.59 bits per heavy atom. The van der Waals surface area contributed by atoms with Crippen LogP contribution in [0.25, 0.3) is 0 Å². The highest BCUT2D eigenvalue weighted by atomic mass is 32.1. The van der Waals surface area contributed by atoms with Crippen LogP contribution >= 0.6 is 11.3 Å². The Morgan fingerprint density at radius 1 is 1.24 bits per heavy atom. The molecule has 1 aromatic carbocycles. The fraction of sp³-hybridized carbons (Fsp3) is 0.417. The molecule has 34 heavy (non-hydrogen) atoms. The summed E-state index contributed by atoms with van der Waals surface area (Å²) in [4.78, 5) is 33.7. The van der Waals surface area contributed by atoms with E-state index in [9.17, 15) is 23.5 Å². The molecule has 1 atom stereocenters. The van der Waals surface area contributed by atoms with Gasteiger partial charge in [-0.1, -0.05) is 6.07 Å². The molecule has 10 heteroatoms. The molecule has 1 aliphatic heterocycles. The van der Waals surface area contributed by atoms with Crippen LogP contribution in [0.2, 0.25) is 0 Å². The number of carboxylic acids is 1. The van der Waals surface area contributed by atoms with E-state index in [1.807, 2.05) is 0 Å². The number of benzene rings is 1. The van der Waals surface area contributed by atoms with Crippen molar-refractivity contribution < 1.29 is 28.2 Å². The van der Waals surface area contributed by atoms with Gasteiger partial charge >= 0.3 is 11.9 Å². The van der Waals surface area contributed by atoms with Crippen LogP contribution in [-0.4, -0.2) is 34.5 Å². The molecule has 0 spiro atoms. The molecule has 2 aromatic rings. The molecule has 180 valence electrons. The normalized spacial score (nSPS) is 22.7. The first-order valence-corrected chi connectivity index (χ1v) is 12.0. The number of hydrogen-bond acceptors (Lipinski definition) is 7. The lowest BCUT2D eigenvalue weighted by molar-refractivity contribution is -0.143. The smallest absolute Gasteiger partial charge is 0.338 e. The van der Waals surface area contributed by atoms with Gasteiger partial charge in [-0.25, -0.2) is 18.6 Å². The molecule has 1 aromatic heterocycles. The molecule has 2 heterocycles. The lowest BCUT2D eigenvalue weighted by Crippen LogP contribution is -2.38. The largest absolute Gasteiger partial charge is 0.481 e. The highest BCUT2D eigenvalue weighted by Crippen LogP contribution is 2.41. The highest BCUT2D eigenvalue weighted by molar-refractivity contribution is 7.11. The van der Waals surface area contributed by atoms with E-state index in [0.29, 0.717) is 47.8 Å². The molecule has 2 N–H and O–H groups in total. The Balaban J connectivity index is 1.85. The third kappa shape index (κ3) is 4.59. The zero-order valence-corrected chi connectivity index (χ0v) is 19.6. The van der Waals surface area contributed by atoms with Gasteiger partial charge < -0.3 is 15.2 Å². The number of carboxylic acid groups (broad SMARTS) is 1. The minimum Gasteiger partial charge on any atom is -0.481 e. The Bertz CT molecular complexity index is 1160. The third-order valence-electron chi connectivity index (χ3n) is 6.37. The van der Waals surface area contributed by atoms with E-state index in [-0.39, 0.29) is 23.7 Å². The number of amidine groups is 1. The second kappa shape index (κ2) is 10.0. The van der Waals surface area contributed by atoms with Crippen LogP contribution in [-0.2, 0) is 14.3 Å². The highest BCUT2D eigenvalue weighted by Gasteiger charge is 2.38. The van der Waals surface area contributed by atoms with E-state index in [1.54, 1.807) is 18.5 Å². The molecule has 0 amide bonds. The number of esters is 1. The first-order valence-electron chi connectivity index (χ1n) is 11.1. The summed E-state index contributed by atoms with van der Waals surface area (Å²) >= 11 is 1.35. The Labute approximate surface area is 199 Å². The van der Waals surface area contributed by atoms with E-state index in [1.165, 1.54) is 24.3 Å². The molecule has 0 radical (unpaired) electrons. The second-order valence-corrected chi connectivity index (χ2v) is 9.25. The average molecular weight is 490 g/mol. The van der Waals surface area contributed by atoms with Crippen molar-refractivity contribution in [1.29, 1.82) is 0 Å². The second-order valence-electron chi connectivity index (χ2n) is 8.35. The number of ether oxygens (including phenoxy) is 1. The van der Waals surface area contributed by atoms with Crippen molar-refractivity contribution in [2.75, 3.05) is 6.61 Å². The molecule has 1 unspecified atom stereocenters. The predicted molar refractivity (Wildman–Crippen MR) is 122 cm³/mol. The number of carbonyl (C=O) groups is 2. The lowest BCUT2D eigenvalue weighted by atomic mass is 9.77. The SMILES string of the molecule is CCOC(=O)C1=C([C@H]2CC[C@H](C(=O)O)CC2)NC(c2nccs2)=NC1c1ccc(F)c(F)c1C. The quantitative estimate of drug-likeness (QED) is 0.579. The number of nitrogens with zero attached hydrogens (tertiary/aromatic N) is 2. The number of allylic oxidation sites excluding steroid dienone is 1. The van der Waals surface area contributed by atoms with Gasteiger partial charge in [0, 0.05) is 17.3 Å². The maximum atomic E-state index is 14.5. The van der Waals surface area contributed by atoms with Gasteiger partial charge in [0.2, 0.25) is 0 Å². The molecule has 7 nitrogen and oxygen atoms in total. The zero-order chi connectivity index (χ0) is 24.4. The molecule has 1 aliphatic carbocycles. The van der Waals surface area contributed by atoms with E-state index in [2.05, 4.69) is 10.3 Å². The van der Waals surface area contributed by atoms with Gasteiger partial charge in [0.05, 0.1) is 18.1 Å². The first kappa shape index (κ1) is 24.0. The van der Waals surface area contributed by atoms with Crippen LogP contribution in [0.4, 0.5) is 8.78 Å². The van der Waals surface area contributed by atoms with Gasteiger partial charge in [-0.3, -0.25) is 9.79 Å². The number of halogens is 2. The predicted octanol–water partition coefficient (Wildman–Crippen LogP) is 4.53. The van der Waals surface area contributed by atoms with Crippen molar-refractivity contribution in [2.24, 2.45) is 16.8 Å². The topological polar surface area (TPSA) is 101 Å². The summed E-state index contributed by atoms with van der Waals surface area (Å²) in [5, 5.41) is 15.0. The van der Waals surface area contributed by atoms with Crippen molar-refractivity contribution in [2.45, 2.75) is 45.6 Å². The molecular weight excluding hydrogens is 464 g/mol. The van der Waals surface area contributed by atoms with Crippen LogP contribution < -0.4 is 5.32 Å². The average Bonchev–Trinajstić information content (AvgIpc) is 3.37. The number of aliphatic carboxylic acids is 1. The van der Waals surface area contributed by atoms with Crippen molar-refractivity contribution >= 4 is 29.1 Å². The van der Waals surface area contributed by atoms with Gasteiger partial charge in [0.1, 0.15) is 6.04 Å². The van der Waals surface area contributed by atoms with Crippen LogP contribution in [0.3, 0.4) is 0 Å². The van der Waals surface area contributed by atoms with Gasteiger partial charge in [-0.05, 0) is 62.6 Å². The Hall–Kier alpha value is -3.14. The minimum atomic E-state index is -0.992. The fourth-order valence-electron chi connectivity index (χ4n) is 4.59. The first-order chi connectivity index (χ1) is 16.3. The molecule has 1 fully saturated rings. The van der Waals surface area contributed by atoms with Crippen molar-refractivity contribution in [3.63, 3.8) is 0 Å². The summed E-state index contributed by atoms with van der Waals surface area (Å²) in [5.41, 5.74) is 1.23. The van der Waals surface area contributed by atoms with Crippen LogP contribution in [0, 0.1) is 30.4 Å². The number of carbonyl (C=O) groups excluding carboxylic acids is 1. The summed E-state index contributed by atoms with van der Waals surface area (Å²) in [7, 11) is 0. The van der Waals surface area contributed by atoms with Gasteiger partial charge in [-0.15, -0.1) is 11.3 Å². The van der Waals surface area contributed by atoms with E-state index >= 15 is 0 Å². The number of aromatic nitrogens is 1. The van der Waals surface area contributed by atoms with Crippen LogP contribution in [0.15, 0.2) is 40.0 Å². The summed E-state index contributed by atoms with van der Waals surface area (Å²) in [6.45, 7) is 3.28. The molecule has 2 aliphatic rings. The van der Waals surface area contributed by atoms with Gasteiger partial charge in [0.25, 0.3) is 0 Å². The monoisotopic (exact) mass is 489 g/mol. The van der Waals surface area contributed by atoms with Crippen LogP contribution in [0.1, 0.15) is 54.8 Å². The summed E-state index contributed by atoms with van der Waals surface area (Å²) < 4.78 is 33.8. The maximum absolute atomic E-state index is 14.5. The zero-order valence-electron chi connectivity index (χ0n) is 18.8. The van der Waals surface area contributed by atoms with E-state index in [0.717, 1.165) is 6.07 Å². The summed E-state index contributed by atoms with van der Waals surface area (Å²) in [6.07, 6.45) is 3.68. The van der Waals surface area contributed by atoms with Gasteiger partial charge in [-0.2, -0.15) is 0 Å². The molecule has 1 saturated carbocycles. The van der Waals surface area contributed by atoms with Crippen molar-refractivity contribution in [3.8, 4) is 0 Å². The third-order valence-corrected chi connectivity index (χ3v) is 7.15. The Kier molecular flexibility index (Phi) is 7.06. The van der Waals surface area contributed by atoms with Crippen molar-refractivity contribution in [1.82, 2.24) is 10.3 Å². The maximum Gasteiger partial charge on any atom is 0.338 e. The number of nitrogens with one attached hydrogen (secondary N) is 1. The summed E-state index contributed by atoms with van der Waals surface area (Å²) in [6, 6.07) is 1.53.